The highest BCUT2D eigenvalue weighted by molar-refractivity contribution is 6.31. The molecule has 2 atom stereocenters. The molecule has 1 fully saturated rings. The number of hydrogen-bond donors (Lipinski definition) is 1. The fraction of sp³-hybridized carbons (Fsp3) is 0.438. The van der Waals surface area contributed by atoms with Crippen LogP contribution in [0, 0.1) is 0 Å². The lowest BCUT2D eigenvalue weighted by molar-refractivity contribution is -0.143. The number of rotatable bonds is 5. The maximum Gasteiger partial charge on any atom is 0.313 e. The zero-order chi connectivity index (χ0) is 14.5. The summed E-state index contributed by atoms with van der Waals surface area (Å²) in [4.78, 5) is 11.9. The Labute approximate surface area is 125 Å². The second kappa shape index (κ2) is 6.91. The van der Waals surface area contributed by atoms with Crippen LogP contribution < -0.4 is 5.32 Å². The van der Waals surface area contributed by atoms with Crippen LogP contribution in [0.5, 0.6) is 0 Å². The summed E-state index contributed by atoms with van der Waals surface area (Å²) in [6.45, 7) is 7.61. The number of hydrogen-bond acceptors (Lipinski definition) is 3. The highest BCUT2D eigenvalue weighted by Crippen LogP contribution is 2.31. The highest BCUT2D eigenvalue weighted by atomic mass is 35.5. The zero-order valence-corrected chi connectivity index (χ0v) is 12.5. The summed E-state index contributed by atoms with van der Waals surface area (Å²) in [5.41, 5.74) is 2.05. The fourth-order valence-corrected chi connectivity index (χ4v) is 2.83. The molecule has 1 aliphatic heterocycles. The molecule has 0 spiro atoms. The number of nitrogens with one attached hydrogen (secondary N) is 1. The lowest BCUT2D eigenvalue weighted by atomic mass is 9.94. The molecule has 0 bridgehead atoms. The quantitative estimate of drug-likeness (QED) is 0.669. The van der Waals surface area contributed by atoms with E-state index in [1.165, 1.54) is 5.56 Å². The third-order valence-electron chi connectivity index (χ3n) is 3.72. The van der Waals surface area contributed by atoms with Crippen molar-refractivity contribution in [3.05, 3.63) is 47.0 Å². The van der Waals surface area contributed by atoms with Gasteiger partial charge in [-0.15, -0.1) is 0 Å². The Bertz CT molecular complexity index is 495. The van der Waals surface area contributed by atoms with Crippen molar-refractivity contribution in [2.75, 3.05) is 19.7 Å². The number of carbonyl (C=O) groups is 1. The normalized spacial score (nSPS) is 19.6. The Morgan fingerprint density at radius 3 is 3.05 bits per heavy atom. The minimum absolute atomic E-state index is 0.229. The maximum atomic E-state index is 11.9. The van der Waals surface area contributed by atoms with Crippen molar-refractivity contribution in [2.24, 2.45) is 0 Å². The molecule has 0 radical (unpaired) electrons. The van der Waals surface area contributed by atoms with Gasteiger partial charge >= 0.3 is 5.97 Å². The highest BCUT2D eigenvalue weighted by Gasteiger charge is 2.22. The van der Waals surface area contributed by atoms with Crippen LogP contribution in [0.4, 0.5) is 0 Å². The molecule has 1 heterocycles. The van der Waals surface area contributed by atoms with Crippen LogP contribution in [0.25, 0.3) is 0 Å². The zero-order valence-electron chi connectivity index (χ0n) is 11.7. The number of carbonyl (C=O) groups excluding carboxylic acids is 1. The van der Waals surface area contributed by atoms with Crippen molar-refractivity contribution in [3.63, 3.8) is 0 Å². The summed E-state index contributed by atoms with van der Waals surface area (Å²) in [5, 5.41) is 3.98. The van der Waals surface area contributed by atoms with Crippen LogP contribution in [0.3, 0.4) is 0 Å². The van der Waals surface area contributed by atoms with E-state index in [-0.39, 0.29) is 18.5 Å². The Kier molecular flexibility index (Phi) is 5.21. The molecular weight excluding hydrogens is 274 g/mol. The molecule has 108 valence electrons. The summed E-state index contributed by atoms with van der Waals surface area (Å²) < 4.78 is 5.07. The molecule has 4 heteroatoms. The summed E-state index contributed by atoms with van der Waals surface area (Å²) in [7, 11) is 0. The lowest BCUT2D eigenvalue weighted by Crippen LogP contribution is -2.14. The van der Waals surface area contributed by atoms with Crippen molar-refractivity contribution in [1.29, 1.82) is 0 Å². The predicted molar refractivity (Wildman–Crippen MR) is 81.3 cm³/mol. The van der Waals surface area contributed by atoms with Gasteiger partial charge in [0.1, 0.15) is 6.61 Å². The van der Waals surface area contributed by atoms with E-state index in [0.717, 1.165) is 25.1 Å². The van der Waals surface area contributed by atoms with Gasteiger partial charge in [-0.2, -0.15) is 0 Å². The predicted octanol–water partition coefficient (Wildman–Crippen LogP) is 3.25. The monoisotopic (exact) mass is 293 g/mol. The first-order chi connectivity index (χ1) is 9.63. The van der Waals surface area contributed by atoms with E-state index in [1.807, 2.05) is 19.1 Å². The Balaban J connectivity index is 2.12. The van der Waals surface area contributed by atoms with Crippen molar-refractivity contribution in [1.82, 2.24) is 5.32 Å². The fourth-order valence-electron chi connectivity index (χ4n) is 2.48. The third kappa shape index (κ3) is 3.41. The van der Waals surface area contributed by atoms with E-state index in [2.05, 4.69) is 18.0 Å². The second-order valence-corrected chi connectivity index (χ2v) is 5.52. The van der Waals surface area contributed by atoms with Gasteiger partial charge in [0.2, 0.25) is 0 Å². The van der Waals surface area contributed by atoms with Crippen LogP contribution in [0.2, 0.25) is 5.02 Å². The van der Waals surface area contributed by atoms with E-state index in [1.54, 1.807) is 6.08 Å². The SMILES string of the molecule is C=CCOC(=O)C(C)c1ccc(C2CCNC2)cc1Cl. The summed E-state index contributed by atoms with van der Waals surface area (Å²) >= 11 is 6.33. The largest absolute Gasteiger partial charge is 0.461 e. The molecule has 1 saturated heterocycles. The number of benzene rings is 1. The summed E-state index contributed by atoms with van der Waals surface area (Å²) in [5.74, 6) is -0.121. The average Bonchev–Trinajstić information content (AvgIpc) is 2.98. The average molecular weight is 294 g/mol. The van der Waals surface area contributed by atoms with Gasteiger partial charge in [0.25, 0.3) is 0 Å². The van der Waals surface area contributed by atoms with Gasteiger partial charge in [-0.1, -0.05) is 36.4 Å². The smallest absolute Gasteiger partial charge is 0.313 e. The van der Waals surface area contributed by atoms with Crippen LogP contribution in [0.1, 0.15) is 36.3 Å². The summed E-state index contributed by atoms with van der Waals surface area (Å²) in [6, 6.07) is 5.98. The van der Waals surface area contributed by atoms with Gasteiger partial charge in [-0.25, -0.2) is 0 Å². The van der Waals surface area contributed by atoms with Gasteiger partial charge in [-0.3, -0.25) is 4.79 Å². The lowest BCUT2D eigenvalue weighted by Gasteiger charge is -2.15. The molecule has 2 unspecified atom stereocenters. The molecule has 20 heavy (non-hydrogen) atoms. The molecule has 0 aliphatic carbocycles. The van der Waals surface area contributed by atoms with Crippen LogP contribution in [-0.2, 0) is 9.53 Å². The molecule has 0 amide bonds. The number of esters is 1. The Morgan fingerprint density at radius 1 is 1.65 bits per heavy atom. The second-order valence-electron chi connectivity index (χ2n) is 5.11. The molecule has 0 saturated carbocycles. The Hall–Kier alpha value is -1.32. The van der Waals surface area contributed by atoms with E-state index in [9.17, 15) is 4.79 Å². The minimum atomic E-state index is -0.363. The maximum absolute atomic E-state index is 11.9. The molecule has 1 aromatic carbocycles. The molecule has 1 N–H and O–H groups in total. The van der Waals surface area contributed by atoms with Gasteiger partial charge in [0.15, 0.2) is 0 Å². The molecule has 0 aromatic heterocycles. The summed E-state index contributed by atoms with van der Waals surface area (Å²) in [6.07, 6.45) is 2.69. The molecular formula is C16H20ClNO2. The van der Waals surface area contributed by atoms with E-state index < -0.39 is 0 Å². The van der Waals surface area contributed by atoms with Crippen molar-refractivity contribution >= 4 is 17.6 Å². The van der Waals surface area contributed by atoms with Crippen LogP contribution >= 0.6 is 11.6 Å². The van der Waals surface area contributed by atoms with Crippen molar-refractivity contribution in [3.8, 4) is 0 Å². The van der Waals surface area contributed by atoms with Gasteiger partial charge < -0.3 is 10.1 Å². The van der Waals surface area contributed by atoms with E-state index >= 15 is 0 Å². The topological polar surface area (TPSA) is 38.3 Å². The van der Waals surface area contributed by atoms with Gasteiger partial charge in [0.05, 0.1) is 5.92 Å². The van der Waals surface area contributed by atoms with Crippen molar-refractivity contribution < 1.29 is 9.53 Å². The molecule has 1 aliphatic rings. The molecule has 3 nitrogen and oxygen atoms in total. The first-order valence-electron chi connectivity index (χ1n) is 6.91. The molecule has 1 aromatic rings. The first kappa shape index (κ1) is 15.1. The number of ether oxygens (including phenoxy) is 1. The van der Waals surface area contributed by atoms with E-state index in [0.29, 0.717) is 10.9 Å². The Morgan fingerprint density at radius 2 is 2.45 bits per heavy atom. The third-order valence-corrected chi connectivity index (χ3v) is 4.05. The number of halogens is 1. The molecule has 2 rings (SSSR count). The van der Waals surface area contributed by atoms with Crippen LogP contribution in [-0.4, -0.2) is 25.7 Å². The first-order valence-corrected chi connectivity index (χ1v) is 7.29. The minimum Gasteiger partial charge on any atom is -0.461 e. The van der Waals surface area contributed by atoms with Crippen LogP contribution in [0.15, 0.2) is 30.9 Å². The van der Waals surface area contributed by atoms with E-state index in [4.69, 9.17) is 16.3 Å². The van der Waals surface area contributed by atoms with Gasteiger partial charge in [-0.05, 0) is 43.0 Å². The standard InChI is InChI=1S/C16H20ClNO2/c1-3-8-20-16(19)11(2)14-5-4-12(9-15(14)17)13-6-7-18-10-13/h3-5,9,11,13,18H,1,6-8,10H2,2H3. The van der Waals surface area contributed by atoms with Gasteiger partial charge in [0, 0.05) is 11.6 Å². The van der Waals surface area contributed by atoms with Crippen molar-refractivity contribution in [2.45, 2.75) is 25.2 Å².